The minimum Gasteiger partial charge on any atom is -0.344 e. The van der Waals surface area contributed by atoms with Crippen LogP contribution in [0.2, 0.25) is 0 Å². The maximum Gasteiger partial charge on any atom is 0.0475 e. The Kier molecular flexibility index (Phi) is 10.4. The molecule has 0 aliphatic heterocycles. The molecule has 1 aromatic carbocycles. The summed E-state index contributed by atoms with van der Waals surface area (Å²) < 4.78 is 8.99. The van der Waals surface area contributed by atoms with Crippen molar-refractivity contribution in [3.8, 4) is 0 Å². The maximum absolute atomic E-state index is 6.58. The van der Waals surface area contributed by atoms with Crippen LogP contribution in [0.5, 0.6) is 0 Å². The summed E-state index contributed by atoms with van der Waals surface area (Å²) in [6, 6.07) is 10.6. The summed E-state index contributed by atoms with van der Waals surface area (Å²) in [5, 5.41) is 0. The zero-order valence-corrected chi connectivity index (χ0v) is 18.2. The molecule has 118 valence electrons. The van der Waals surface area contributed by atoms with Gasteiger partial charge in [0.25, 0.3) is 0 Å². The highest BCUT2D eigenvalue weighted by Gasteiger charge is 2.10. The first-order chi connectivity index (χ1) is 10.3. The molecular weight excluding hydrogens is 484 g/mol. The molecule has 0 radical (unpaired) electrons. The van der Waals surface area contributed by atoms with E-state index in [4.69, 9.17) is 1.37 Å². The van der Waals surface area contributed by atoms with Crippen LogP contribution >= 0.6 is 37.2 Å². The van der Waals surface area contributed by atoms with Gasteiger partial charge in [-0.25, -0.2) is 0 Å². The zero-order valence-electron chi connectivity index (χ0n) is 14.9. The highest BCUT2D eigenvalue weighted by molar-refractivity contribution is 15.0. The first-order valence-electron chi connectivity index (χ1n) is 7.65. The lowest BCUT2D eigenvalue weighted by Gasteiger charge is -2.09. The smallest absolute Gasteiger partial charge is 0.0475 e. The van der Waals surface area contributed by atoms with Crippen LogP contribution in [0.4, 0.5) is 0 Å². The number of hydrogen-bond acceptors (Lipinski definition) is 0. The topological polar surface area (TPSA) is 4.93 Å². The zero-order chi connectivity index (χ0) is 17.3. The van der Waals surface area contributed by atoms with Gasteiger partial charge in [-0.3, -0.25) is 0 Å². The molecule has 1 heterocycles. The quantitative estimate of drug-likeness (QED) is 0.384. The van der Waals surface area contributed by atoms with E-state index in [2.05, 4.69) is 99.8 Å². The predicted molar refractivity (Wildman–Crippen MR) is 113 cm³/mol. The van der Waals surface area contributed by atoms with E-state index in [9.17, 15) is 0 Å². The average molecular weight is 512 g/mol. The van der Waals surface area contributed by atoms with Crippen molar-refractivity contribution in [3.05, 3.63) is 58.4 Å². The lowest BCUT2D eigenvalue weighted by Crippen LogP contribution is -2.03. The molecule has 2 aromatic rings. The Morgan fingerprint density at radius 2 is 1.29 bits per heavy atom. The SMILES string of the molecule is Cc1c(C)c(C)n(Cc2ccccc2)c1C.II.[2H]C(C)C. The third kappa shape index (κ3) is 6.30. The molecule has 0 saturated heterocycles. The molecule has 21 heavy (non-hydrogen) atoms. The van der Waals surface area contributed by atoms with Gasteiger partial charge in [0.1, 0.15) is 0 Å². The van der Waals surface area contributed by atoms with E-state index in [1.807, 2.05) is 13.8 Å². The van der Waals surface area contributed by atoms with Gasteiger partial charge >= 0.3 is 0 Å². The van der Waals surface area contributed by atoms with E-state index >= 15 is 0 Å². The third-order valence-electron chi connectivity index (χ3n) is 3.64. The minimum absolute atomic E-state index is 0.0833. The molecule has 0 unspecified atom stereocenters. The molecule has 3 heteroatoms. The number of rotatable bonds is 2. The second-order valence-electron chi connectivity index (χ2n) is 5.07. The Morgan fingerprint density at radius 3 is 1.67 bits per heavy atom. The van der Waals surface area contributed by atoms with Crippen LogP contribution in [0.25, 0.3) is 0 Å². The standard InChI is InChI=1S/C15H19N.C3H8.I2/c1-11-12(2)14(4)16(13(11)3)10-15-8-6-5-7-9-15;1-3-2;1-2/h5-9H,10H2,1-4H3;3H2,1-2H3;/i;3D;. The molecule has 0 spiro atoms. The van der Waals surface area contributed by atoms with Crippen molar-refractivity contribution in [3.63, 3.8) is 0 Å². The molecule has 2 rings (SSSR count). The van der Waals surface area contributed by atoms with Crippen LogP contribution in [-0.2, 0) is 6.54 Å². The summed E-state index contributed by atoms with van der Waals surface area (Å²) in [4.78, 5) is 0. The van der Waals surface area contributed by atoms with Crippen LogP contribution in [0.15, 0.2) is 30.3 Å². The van der Waals surface area contributed by atoms with E-state index in [1.165, 1.54) is 28.1 Å². The van der Waals surface area contributed by atoms with Crippen molar-refractivity contribution < 1.29 is 1.37 Å². The Morgan fingerprint density at radius 1 is 0.905 bits per heavy atom. The number of hydrogen-bond donors (Lipinski definition) is 0. The molecule has 0 saturated carbocycles. The van der Waals surface area contributed by atoms with Gasteiger partial charge < -0.3 is 4.57 Å². The highest BCUT2D eigenvalue weighted by atomic mass is 128. The molecule has 0 N–H and O–H groups in total. The highest BCUT2D eigenvalue weighted by Crippen LogP contribution is 2.21. The van der Waals surface area contributed by atoms with Crippen molar-refractivity contribution in [2.75, 3.05) is 0 Å². The normalized spacial score (nSPS) is 10.2. The van der Waals surface area contributed by atoms with Gasteiger partial charge in [0.15, 0.2) is 0 Å². The fourth-order valence-electron chi connectivity index (χ4n) is 2.20. The van der Waals surface area contributed by atoms with Crippen molar-refractivity contribution in [1.82, 2.24) is 4.57 Å². The first-order valence-corrected chi connectivity index (χ1v) is 13.4. The van der Waals surface area contributed by atoms with Crippen molar-refractivity contribution in [2.45, 2.75) is 54.5 Å². The summed E-state index contributed by atoms with van der Waals surface area (Å²) in [5.74, 6) is 0. The fourth-order valence-corrected chi connectivity index (χ4v) is 2.20. The number of nitrogens with zero attached hydrogens (tertiary/aromatic N) is 1. The largest absolute Gasteiger partial charge is 0.344 e. The van der Waals surface area contributed by atoms with Gasteiger partial charge in [-0.2, -0.15) is 0 Å². The van der Waals surface area contributed by atoms with Gasteiger partial charge in [-0.1, -0.05) is 50.6 Å². The van der Waals surface area contributed by atoms with E-state index in [0.717, 1.165) is 6.54 Å². The maximum atomic E-state index is 6.58. The molecule has 0 aliphatic carbocycles. The third-order valence-corrected chi connectivity index (χ3v) is 3.64. The van der Waals surface area contributed by atoms with Crippen LogP contribution < -0.4 is 0 Å². The molecule has 0 bridgehead atoms. The van der Waals surface area contributed by atoms with Crippen LogP contribution in [0.3, 0.4) is 0 Å². The van der Waals surface area contributed by atoms with Gasteiger partial charge in [0, 0.05) is 56.5 Å². The summed E-state index contributed by atoms with van der Waals surface area (Å²) >= 11 is 4.24. The van der Waals surface area contributed by atoms with Crippen molar-refractivity contribution in [1.29, 1.82) is 0 Å². The molecule has 0 amide bonds. The molecule has 0 atom stereocenters. The second-order valence-corrected chi connectivity index (χ2v) is 5.07. The number of benzene rings is 1. The van der Waals surface area contributed by atoms with Crippen molar-refractivity contribution in [2.24, 2.45) is 0 Å². The van der Waals surface area contributed by atoms with Crippen LogP contribution in [-0.4, -0.2) is 4.57 Å². The lowest BCUT2D eigenvalue weighted by atomic mass is 10.2. The Hall–Kier alpha value is -0.0400. The Balaban J connectivity index is 0.000000640. The van der Waals surface area contributed by atoms with Crippen LogP contribution in [0.1, 0.15) is 49.7 Å². The second kappa shape index (κ2) is 11.5. The predicted octanol–water partition coefficient (Wildman–Crippen LogP) is 6.96. The van der Waals surface area contributed by atoms with E-state index < -0.39 is 0 Å². The lowest BCUT2D eigenvalue weighted by molar-refractivity contribution is 0.745. The van der Waals surface area contributed by atoms with Gasteiger partial charge in [-0.15, -0.1) is 0 Å². The van der Waals surface area contributed by atoms with Crippen molar-refractivity contribution >= 4 is 37.2 Å². The van der Waals surface area contributed by atoms with Gasteiger partial charge in [0.05, 0.1) is 0 Å². The van der Waals surface area contributed by atoms with Crippen LogP contribution in [0, 0.1) is 27.7 Å². The minimum atomic E-state index is 0.0833. The molecule has 0 aliphatic rings. The number of aromatic nitrogens is 1. The van der Waals surface area contributed by atoms with E-state index in [-0.39, 0.29) is 6.40 Å². The summed E-state index contributed by atoms with van der Waals surface area (Å²) in [5.41, 5.74) is 6.99. The monoisotopic (exact) mass is 512 g/mol. The first kappa shape index (κ1) is 19.0. The summed E-state index contributed by atoms with van der Waals surface area (Å²) in [6.45, 7) is 13.5. The average Bonchev–Trinajstić information content (AvgIpc) is 2.68. The molecule has 0 fully saturated rings. The van der Waals surface area contributed by atoms with E-state index in [0.29, 0.717) is 0 Å². The summed E-state index contributed by atoms with van der Waals surface area (Å²) in [7, 11) is 0. The van der Waals surface area contributed by atoms with Gasteiger partial charge in [0.2, 0.25) is 0 Å². The summed E-state index contributed by atoms with van der Waals surface area (Å²) in [6.07, 6.45) is 0.0833. The molecule has 1 nitrogen and oxygen atoms in total. The molecule has 1 aromatic heterocycles. The Bertz CT molecular complexity index is 520. The van der Waals surface area contributed by atoms with Gasteiger partial charge in [-0.05, 0) is 44.4 Å². The number of halogens is 2. The Labute approximate surface area is 155 Å². The van der Waals surface area contributed by atoms with E-state index in [1.54, 1.807) is 0 Å². The molecular formula is C18H27I2N. The fraction of sp³-hybridized carbons (Fsp3) is 0.444.